The number of nitrogens with one attached hydrogen (secondary N) is 1. The molecule has 3 heteroatoms. The molecule has 0 bridgehead atoms. The molecular weight excluding hydrogens is 274 g/mol. The molecule has 114 valence electrons. The molecule has 22 heavy (non-hydrogen) atoms. The predicted octanol–water partition coefficient (Wildman–Crippen LogP) is 3.86. The van der Waals surface area contributed by atoms with Gasteiger partial charge in [0.15, 0.2) is 0 Å². The maximum atomic E-state index is 10.9. The van der Waals surface area contributed by atoms with Crippen molar-refractivity contribution in [2.75, 3.05) is 0 Å². The Kier molecular flexibility index (Phi) is 4.25. The molecule has 2 aromatic rings. The SMILES string of the molecule is Cc1ccc2c(c1)[C@H](NCc1ccc(C(=O)O)cc1)CCC2. The van der Waals surface area contributed by atoms with Crippen molar-refractivity contribution in [3.63, 3.8) is 0 Å². The zero-order valence-electron chi connectivity index (χ0n) is 12.8. The Morgan fingerprint density at radius 1 is 1.23 bits per heavy atom. The van der Waals surface area contributed by atoms with Crippen LogP contribution in [-0.4, -0.2) is 11.1 Å². The monoisotopic (exact) mass is 295 g/mol. The summed E-state index contributed by atoms with van der Waals surface area (Å²) in [5.41, 5.74) is 5.63. The van der Waals surface area contributed by atoms with Crippen molar-refractivity contribution < 1.29 is 9.90 Å². The highest BCUT2D eigenvalue weighted by atomic mass is 16.4. The molecule has 1 aliphatic carbocycles. The van der Waals surface area contributed by atoms with Crippen molar-refractivity contribution in [2.24, 2.45) is 0 Å². The molecule has 2 N–H and O–H groups in total. The van der Waals surface area contributed by atoms with Crippen LogP contribution in [0.1, 0.15) is 51.5 Å². The number of carboxylic acid groups (broad SMARTS) is 1. The Bertz CT molecular complexity index is 676. The minimum Gasteiger partial charge on any atom is -0.478 e. The van der Waals surface area contributed by atoms with E-state index in [1.807, 2.05) is 12.1 Å². The van der Waals surface area contributed by atoms with Gasteiger partial charge >= 0.3 is 5.97 Å². The summed E-state index contributed by atoms with van der Waals surface area (Å²) in [4.78, 5) is 10.9. The quantitative estimate of drug-likeness (QED) is 0.900. The van der Waals surface area contributed by atoms with E-state index in [4.69, 9.17) is 5.11 Å². The van der Waals surface area contributed by atoms with Crippen LogP contribution in [0.15, 0.2) is 42.5 Å². The summed E-state index contributed by atoms with van der Waals surface area (Å²) in [5, 5.41) is 12.6. The van der Waals surface area contributed by atoms with E-state index in [9.17, 15) is 4.79 Å². The Morgan fingerprint density at radius 2 is 2.00 bits per heavy atom. The van der Waals surface area contributed by atoms with Crippen molar-refractivity contribution in [1.29, 1.82) is 0 Å². The minimum absolute atomic E-state index is 0.336. The average Bonchev–Trinajstić information content (AvgIpc) is 2.53. The van der Waals surface area contributed by atoms with Gasteiger partial charge in [-0.1, -0.05) is 35.9 Å². The first kappa shape index (κ1) is 14.8. The number of hydrogen-bond acceptors (Lipinski definition) is 2. The van der Waals surface area contributed by atoms with Crippen molar-refractivity contribution in [2.45, 2.75) is 38.8 Å². The summed E-state index contributed by atoms with van der Waals surface area (Å²) >= 11 is 0. The number of rotatable bonds is 4. The van der Waals surface area contributed by atoms with Crippen molar-refractivity contribution in [3.8, 4) is 0 Å². The molecule has 0 radical (unpaired) electrons. The van der Waals surface area contributed by atoms with E-state index in [0.29, 0.717) is 11.6 Å². The number of carbonyl (C=O) groups is 1. The topological polar surface area (TPSA) is 49.3 Å². The highest BCUT2D eigenvalue weighted by molar-refractivity contribution is 5.87. The third-order valence-corrected chi connectivity index (χ3v) is 4.37. The lowest BCUT2D eigenvalue weighted by molar-refractivity contribution is 0.0697. The Morgan fingerprint density at radius 3 is 2.73 bits per heavy atom. The van der Waals surface area contributed by atoms with Crippen LogP contribution in [0.3, 0.4) is 0 Å². The van der Waals surface area contributed by atoms with E-state index in [1.54, 1.807) is 12.1 Å². The maximum Gasteiger partial charge on any atom is 0.335 e. The van der Waals surface area contributed by atoms with Gasteiger partial charge in [0.2, 0.25) is 0 Å². The van der Waals surface area contributed by atoms with Gasteiger partial charge in [0.1, 0.15) is 0 Å². The van der Waals surface area contributed by atoms with E-state index in [-0.39, 0.29) is 0 Å². The fraction of sp³-hybridized carbons (Fsp3) is 0.316. The molecule has 1 aliphatic rings. The maximum absolute atomic E-state index is 10.9. The number of aryl methyl sites for hydroxylation is 2. The fourth-order valence-corrected chi connectivity index (χ4v) is 3.14. The van der Waals surface area contributed by atoms with E-state index in [2.05, 4.69) is 30.4 Å². The third-order valence-electron chi connectivity index (χ3n) is 4.37. The molecule has 1 atom stereocenters. The number of benzene rings is 2. The summed E-state index contributed by atoms with van der Waals surface area (Å²) in [6.07, 6.45) is 3.54. The van der Waals surface area contributed by atoms with Crippen molar-refractivity contribution >= 4 is 5.97 Å². The second kappa shape index (κ2) is 6.32. The van der Waals surface area contributed by atoms with Gasteiger partial charge in [-0.2, -0.15) is 0 Å². The Balaban J connectivity index is 1.70. The Hall–Kier alpha value is -2.13. The number of carboxylic acids is 1. The molecule has 0 saturated carbocycles. The van der Waals surface area contributed by atoms with Crippen LogP contribution in [0, 0.1) is 6.92 Å². The molecule has 2 aromatic carbocycles. The molecule has 3 nitrogen and oxygen atoms in total. The van der Waals surface area contributed by atoms with E-state index in [1.165, 1.54) is 29.5 Å². The Labute approximate surface area is 131 Å². The van der Waals surface area contributed by atoms with Gasteiger partial charge in [-0.05, 0) is 55.0 Å². The standard InChI is InChI=1S/C19H21NO2/c1-13-5-8-15-3-2-4-18(17(15)11-13)20-12-14-6-9-16(10-7-14)19(21)22/h5-11,18,20H,2-4,12H2,1H3,(H,21,22)/t18-/m1/s1. The highest BCUT2D eigenvalue weighted by Crippen LogP contribution is 2.30. The number of aromatic carboxylic acids is 1. The van der Waals surface area contributed by atoms with Crippen molar-refractivity contribution in [1.82, 2.24) is 5.32 Å². The van der Waals surface area contributed by atoms with Gasteiger partial charge in [-0.15, -0.1) is 0 Å². The molecular formula is C19H21NO2. The normalized spacial score (nSPS) is 17.0. The van der Waals surface area contributed by atoms with Crippen LogP contribution in [0.4, 0.5) is 0 Å². The lowest BCUT2D eigenvalue weighted by Crippen LogP contribution is -2.25. The van der Waals surface area contributed by atoms with Crippen LogP contribution in [0.25, 0.3) is 0 Å². The van der Waals surface area contributed by atoms with Crippen LogP contribution in [0.5, 0.6) is 0 Å². The smallest absolute Gasteiger partial charge is 0.335 e. The van der Waals surface area contributed by atoms with E-state index >= 15 is 0 Å². The average molecular weight is 295 g/mol. The lowest BCUT2D eigenvalue weighted by Gasteiger charge is -2.27. The van der Waals surface area contributed by atoms with Crippen LogP contribution in [-0.2, 0) is 13.0 Å². The first-order chi connectivity index (χ1) is 10.6. The molecule has 0 spiro atoms. The highest BCUT2D eigenvalue weighted by Gasteiger charge is 2.19. The van der Waals surface area contributed by atoms with E-state index in [0.717, 1.165) is 18.5 Å². The molecule has 0 amide bonds. The van der Waals surface area contributed by atoms with Crippen molar-refractivity contribution in [3.05, 3.63) is 70.3 Å². The zero-order chi connectivity index (χ0) is 15.5. The predicted molar refractivity (Wildman–Crippen MR) is 87.1 cm³/mol. The summed E-state index contributed by atoms with van der Waals surface area (Å²) in [5.74, 6) is -0.879. The summed E-state index contributed by atoms with van der Waals surface area (Å²) < 4.78 is 0. The van der Waals surface area contributed by atoms with Gasteiger partial charge in [-0.3, -0.25) is 0 Å². The molecule has 0 unspecified atom stereocenters. The molecule has 0 saturated heterocycles. The molecule has 0 aliphatic heterocycles. The number of fused-ring (bicyclic) bond motifs is 1. The molecule has 3 rings (SSSR count). The second-order valence-electron chi connectivity index (χ2n) is 6.03. The largest absolute Gasteiger partial charge is 0.478 e. The van der Waals surface area contributed by atoms with Gasteiger partial charge in [0, 0.05) is 12.6 Å². The molecule has 0 fully saturated rings. The van der Waals surface area contributed by atoms with Crippen LogP contribution in [0.2, 0.25) is 0 Å². The van der Waals surface area contributed by atoms with Crippen LogP contribution < -0.4 is 5.32 Å². The van der Waals surface area contributed by atoms with E-state index < -0.39 is 5.97 Å². The molecule has 0 aromatic heterocycles. The fourth-order valence-electron chi connectivity index (χ4n) is 3.14. The van der Waals surface area contributed by atoms with Gasteiger partial charge < -0.3 is 10.4 Å². The lowest BCUT2D eigenvalue weighted by atomic mass is 9.86. The van der Waals surface area contributed by atoms with Crippen LogP contribution >= 0.6 is 0 Å². The first-order valence-electron chi connectivity index (χ1n) is 7.78. The second-order valence-corrected chi connectivity index (χ2v) is 6.03. The van der Waals surface area contributed by atoms with Gasteiger partial charge in [-0.25, -0.2) is 4.79 Å². The minimum atomic E-state index is -0.879. The van der Waals surface area contributed by atoms with Gasteiger partial charge in [0.25, 0.3) is 0 Å². The summed E-state index contributed by atoms with van der Waals surface area (Å²) in [6, 6.07) is 14.2. The summed E-state index contributed by atoms with van der Waals surface area (Å²) in [6.45, 7) is 2.90. The van der Waals surface area contributed by atoms with Gasteiger partial charge in [0.05, 0.1) is 5.56 Å². The molecule has 0 heterocycles. The zero-order valence-corrected chi connectivity index (χ0v) is 12.8. The summed E-state index contributed by atoms with van der Waals surface area (Å²) in [7, 11) is 0. The first-order valence-corrected chi connectivity index (χ1v) is 7.78. The number of hydrogen-bond donors (Lipinski definition) is 2. The third kappa shape index (κ3) is 3.20.